The summed E-state index contributed by atoms with van der Waals surface area (Å²) in [6.07, 6.45) is 32.3. The van der Waals surface area contributed by atoms with Crippen LogP contribution < -0.4 is 4.74 Å². The van der Waals surface area contributed by atoms with Crippen LogP contribution in [-0.4, -0.2) is 42.7 Å². The van der Waals surface area contributed by atoms with E-state index < -0.39 is 0 Å². The van der Waals surface area contributed by atoms with Crippen molar-refractivity contribution in [1.82, 2.24) is 9.88 Å². The minimum absolute atomic E-state index is 0.0469. The summed E-state index contributed by atoms with van der Waals surface area (Å²) in [7, 11) is 1.73. The van der Waals surface area contributed by atoms with E-state index in [2.05, 4.69) is 84.1 Å². The van der Waals surface area contributed by atoms with Gasteiger partial charge in [-0.3, -0.25) is 9.88 Å². The summed E-state index contributed by atoms with van der Waals surface area (Å²) in [5, 5.41) is 1.15. The standard InChI is InChI=1S/C38H54N2O2/c1-4-6-7-8-9-10-11-12-13-14-15-16-17-18-19-20-27-42-38(37-28-32-24-26-40(37)30-31(32)5-2)34-23-25-39-36-22-21-33(41-3)29-35(34)36/h5-7,9-10,12-13,21-23,25,29,31-32,37-38H,2,4,8,11,14-20,24,26-28,30H2,1,3H3/b7-6-,10-9-,13-12-/t31-,32-,37-,38+/m0/s1. The van der Waals surface area contributed by atoms with Gasteiger partial charge in [0.2, 0.25) is 0 Å². The summed E-state index contributed by atoms with van der Waals surface area (Å²) in [5.41, 5.74) is 2.26. The van der Waals surface area contributed by atoms with Crippen molar-refractivity contribution in [2.45, 2.75) is 96.1 Å². The highest BCUT2D eigenvalue weighted by molar-refractivity contribution is 5.84. The maximum atomic E-state index is 6.84. The molecule has 1 aromatic heterocycles. The lowest BCUT2D eigenvalue weighted by molar-refractivity contribution is -0.0754. The zero-order valence-corrected chi connectivity index (χ0v) is 26.3. The molecule has 5 rings (SSSR count). The van der Waals surface area contributed by atoms with Gasteiger partial charge in [0.25, 0.3) is 0 Å². The molecule has 0 radical (unpaired) electrons. The van der Waals surface area contributed by atoms with Gasteiger partial charge in [0.15, 0.2) is 0 Å². The van der Waals surface area contributed by atoms with E-state index in [1.807, 2.05) is 12.3 Å². The molecular formula is C38H54N2O2. The summed E-state index contributed by atoms with van der Waals surface area (Å²) < 4.78 is 12.4. The molecule has 4 heterocycles. The van der Waals surface area contributed by atoms with Crippen LogP contribution >= 0.6 is 0 Å². The second-order valence-electron chi connectivity index (χ2n) is 12.0. The molecule has 3 fully saturated rings. The highest BCUT2D eigenvalue weighted by Gasteiger charge is 2.43. The third-order valence-electron chi connectivity index (χ3n) is 9.13. The van der Waals surface area contributed by atoms with Gasteiger partial charge in [-0.05, 0) is 99.6 Å². The lowest BCUT2D eigenvalue weighted by atomic mass is 9.73. The molecule has 5 atom stereocenters. The Labute approximate surface area is 255 Å². The van der Waals surface area contributed by atoms with Gasteiger partial charge >= 0.3 is 0 Å². The van der Waals surface area contributed by atoms with Gasteiger partial charge in [-0.1, -0.05) is 75.1 Å². The normalized spacial score (nSPS) is 23.0. The quantitative estimate of drug-likeness (QED) is 0.124. The molecule has 3 aliphatic heterocycles. The van der Waals surface area contributed by atoms with Crippen LogP contribution in [0.2, 0.25) is 0 Å². The molecular weight excluding hydrogens is 516 g/mol. The van der Waals surface area contributed by atoms with E-state index in [0.717, 1.165) is 62.0 Å². The number of aromatic nitrogens is 1. The highest BCUT2D eigenvalue weighted by Crippen LogP contribution is 2.43. The average Bonchev–Trinajstić information content (AvgIpc) is 3.04. The molecule has 1 aromatic carbocycles. The first-order valence-electron chi connectivity index (χ1n) is 16.6. The second kappa shape index (κ2) is 18.1. The lowest BCUT2D eigenvalue weighted by Gasteiger charge is -2.51. The van der Waals surface area contributed by atoms with Gasteiger partial charge in [0.05, 0.1) is 18.7 Å². The van der Waals surface area contributed by atoms with Crippen LogP contribution in [0, 0.1) is 11.8 Å². The van der Waals surface area contributed by atoms with Crippen LogP contribution in [0.25, 0.3) is 10.9 Å². The number of methoxy groups -OCH3 is 1. The monoisotopic (exact) mass is 570 g/mol. The Kier molecular flexibility index (Phi) is 13.9. The third kappa shape index (κ3) is 9.41. The number of ether oxygens (including phenoxy) is 2. The lowest BCUT2D eigenvalue weighted by Crippen LogP contribution is -2.55. The number of hydrogen-bond acceptors (Lipinski definition) is 4. The Morgan fingerprint density at radius 1 is 0.976 bits per heavy atom. The van der Waals surface area contributed by atoms with Crippen LogP contribution in [0.5, 0.6) is 5.75 Å². The number of pyridine rings is 1. The Balaban J connectivity index is 1.23. The first-order valence-corrected chi connectivity index (χ1v) is 16.6. The van der Waals surface area contributed by atoms with Gasteiger partial charge < -0.3 is 9.47 Å². The molecule has 0 amide bonds. The van der Waals surface area contributed by atoms with E-state index in [9.17, 15) is 0 Å². The predicted octanol–water partition coefficient (Wildman–Crippen LogP) is 9.79. The molecule has 0 spiro atoms. The van der Waals surface area contributed by atoms with Crippen molar-refractivity contribution in [3.8, 4) is 5.75 Å². The number of unbranched alkanes of at least 4 members (excludes halogenated alkanes) is 6. The SMILES string of the molecule is C=C[C@H]1CN2CC[C@H]1C[C@H]2[C@H](OCCCCCCCC/C=C\C/C=C\C/C=C\CC)c1ccnc2ccc(OC)cc12. The zero-order chi connectivity index (χ0) is 29.4. The number of piperidine rings is 3. The van der Waals surface area contributed by atoms with Crippen molar-refractivity contribution < 1.29 is 9.47 Å². The zero-order valence-electron chi connectivity index (χ0n) is 26.3. The van der Waals surface area contributed by atoms with Crippen LogP contribution in [0.1, 0.15) is 95.6 Å². The minimum atomic E-state index is 0.0469. The summed E-state index contributed by atoms with van der Waals surface area (Å²) in [4.78, 5) is 7.32. The molecule has 4 nitrogen and oxygen atoms in total. The molecule has 42 heavy (non-hydrogen) atoms. The van der Waals surface area contributed by atoms with Crippen LogP contribution in [0.4, 0.5) is 0 Å². The van der Waals surface area contributed by atoms with Crippen molar-refractivity contribution in [1.29, 1.82) is 0 Å². The van der Waals surface area contributed by atoms with Gasteiger partial charge in [0.1, 0.15) is 5.75 Å². The van der Waals surface area contributed by atoms with Gasteiger partial charge in [-0.15, -0.1) is 6.58 Å². The minimum Gasteiger partial charge on any atom is -0.497 e. The van der Waals surface area contributed by atoms with Crippen molar-refractivity contribution in [2.24, 2.45) is 11.8 Å². The van der Waals surface area contributed by atoms with E-state index in [-0.39, 0.29) is 6.10 Å². The molecule has 3 aliphatic rings. The van der Waals surface area contributed by atoms with E-state index >= 15 is 0 Å². The fourth-order valence-electron chi connectivity index (χ4n) is 6.73. The number of fused-ring (bicyclic) bond motifs is 4. The van der Waals surface area contributed by atoms with E-state index in [1.54, 1.807) is 7.11 Å². The molecule has 228 valence electrons. The average molecular weight is 571 g/mol. The molecule has 2 aromatic rings. The summed E-state index contributed by atoms with van der Waals surface area (Å²) in [6.45, 7) is 9.38. The van der Waals surface area contributed by atoms with Crippen molar-refractivity contribution in [3.63, 3.8) is 0 Å². The predicted molar refractivity (Wildman–Crippen MR) is 178 cm³/mol. The Morgan fingerprint density at radius 2 is 1.74 bits per heavy atom. The van der Waals surface area contributed by atoms with Crippen molar-refractivity contribution in [2.75, 3.05) is 26.8 Å². The number of benzene rings is 1. The largest absolute Gasteiger partial charge is 0.497 e. The van der Waals surface area contributed by atoms with Gasteiger partial charge in [-0.2, -0.15) is 0 Å². The Hall–Kier alpha value is -2.69. The van der Waals surface area contributed by atoms with Gasteiger partial charge in [-0.25, -0.2) is 0 Å². The maximum absolute atomic E-state index is 6.84. The third-order valence-corrected chi connectivity index (χ3v) is 9.13. The molecule has 0 N–H and O–H groups in total. The molecule has 0 aliphatic carbocycles. The molecule has 3 saturated heterocycles. The molecule has 1 unspecified atom stereocenters. The topological polar surface area (TPSA) is 34.6 Å². The summed E-state index contributed by atoms with van der Waals surface area (Å²) >= 11 is 0. The number of allylic oxidation sites excluding steroid dienone is 6. The smallest absolute Gasteiger partial charge is 0.119 e. The molecule has 2 bridgehead atoms. The summed E-state index contributed by atoms with van der Waals surface area (Å²) in [6, 6.07) is 8.78. The molecule has 4 heteroatoms. The highest BCUT2D eigenvalue weighted by atomic mass is 16.5. The Morgan fingerprint density at radius 3 is 2.48 bits per heavy atom. The van der Waals surface area contributed by atoms with Crippen LogP contribution in [-0.2, 0) is 4.74 Å². The molecule has 0 saturated carbocycles. The maximum Gasteiger partial charge on any atom is 0.119 e. The van der Waals surface area contributed by atoms with E-state index in [0.29, 0.717) is 17.9 Å². The van der Waals surface area contributed by atoms with Gasteiger partial charge in [0, 0.05) is 30.8 Å². The van der Waals surface area contributed by atoms with Crippen LogP contribution in [0.15, 0.2) is 79.6 Å². The number of hydrogen-bond donors (Lipinski definition) is 0. The van der Waals surface area contributed by atoms with Crippen molar-refractivity contribution in [3.05, 3.63) is 85.1 Å². The Bertz CT molecular complexity index is 1170. The fourth-order valence-corrected chi connectivity index (χ4v) is 6.73. The fraction of sp³-hybridized carbons (Fsp3) is 0.553. The second-order valence-corrected chi connectivity index (χ2v) is 12.0. The van der Waals surface area contributed by atoms with Crippen LogP contribution in [0.3, 0.4) is 0 Å². The number of nitrogens with zero attached hydrogens (tertiary/aromatic N) is 2. The van der Waals surface area contributed by atoms with E-state index in [4.69, 9.17) is 9.47 Å². The first kappa shape index (κ1) is 32.2. The first-order chi connectivity index (χ1) is 20.7. The summed E-state index contributed by atoms with van der Waals surface area (Å²) in [5.74, 6) is 2.19. The van der Waals surface area contributed by atoms with Crippen molar-refractivity contribution >= 4 is 10.9 Å². The van der Waals surface area contributed by atoms with E-state index in [1.165, 1.54) is 56.9 Å². The number of rotatable bonds is 19.